The molecule has 0 aliphatic heterocycles. The van der Waals surface area contributed by atoms with Crippen LogP contribution in [0.25, 0.3) is 0 Å². The molecular weight excluding hydrogens is 268 g/mol. The van der Waals surface area contributed by atoms with Crippen LogP contribution in [0.3, 0.4) is 0 Å². The van der Waals surface area contributed by atoms with E-state index in [1.807, 2.05) is 0 Å². The van der Waals surface area contributed by atoms with Gasteiger partial charge in [0.25, 0.3) is 0 Å². The number of benzene rings is 1. The molecule has 0 saturated carbocycles. The molecule has 0 aliphatic rings. The molecule has 1 aromatic carbocycles. The Morgan fingerprint density at radius 3 is 2.58 bits per heavy atom. The summed E-state index contributed by atoms with van der Waals surface area (Å²) in [5, 5.41) is 11.1. The first-order chi connectivity index (χ1) is 8.90. The number of hydrogen-bond donors (Lipinski definition) is 2. The van der Waals surface area contributed by atoms with E-state index in [9.17, 15) is 17.6 Å². The third kappa shape index (κ3) is 4.01. The third-order valence-corrected chi connectivity index (χ3v) is 2.22. The van der Waals surface area contributed by atoms with E-state index in [4.69, 9.17) is 15.7 Å². The molecule has 106 valence electrons. The van der Waals surface area contributed by atoms with Crippen molar-refractivity contribution in [2.24, 2.45) is 10.9 Å². The Morgan fingerprint density at radius 2 is 2.05 bits per heavy atom. The molecule has 0 aliphatic carbocycles. The van der Waals surface area contributed by atoms with Crippen molar-refractivity contribution in [3.63, 3.8) is 0 Å². The second-order valence-corrected chi connectivity index (χ2v) is 3.58. The number of ether oxygens (including phenoxy) is 1. The van der Waals surface area contributed by atoms with Gasteiger partial charge < -0.3 is 15.7 Å². The lowest BCUT2D eigenvalue weighted by molar-refractivity contribution is -0.139. The average molecular weight is 280 g/mol. The average Bonchev–Trinajstić information content (AvgIpc) is 2.37. The zero-order valence-electron chi connectivity index (χ0n) is 9.75. The Balaban J connectivity index is 3.10. The Morgan fingerprint density at radius 1 is 1.37 bits per heavy atom. The van der Waals surface area contributed by atoms with Crippen LogP contribution in [0.1, 0.15) is 17.5 Å². The van der Waals surface area contributed by atoms with Gasteiger partial charge >= 0.3 is 6.18 Å². The van der Waals surface area contributed by atoms with Gasteiger partial charge in [-0.25, -0.2) is 0 Å². The molecule has 3 N–H and O–H groups in total. The third-order valence-electron chi connectivity index (χ3n) is 2.22. The highest BCUT2D eigenvalue weighted by atomic mass is 19.4. The highest BCUT2D eigenvalue weighted by Crippen LogP contribution is 2.36. The van der Waals surface area contributed by atoms with Gasteiger partial charge in [0.2, 0.25) is 0 Å². The molecule has 0 amide bonds. The van der Waals surface area contributed by atoms with Crippen molar-refractivity contribution in [3.05, 3.63) is 29.3 Å². The van der Waals surface area contributed by atoms with Crippen LogP contribution in [0.2, 0.25) is 0 Å². The summed E-state index contributed by atoms with van der Waals surface area (Å²) in [6, 6.07) is 2.98. The second-order valence-electron chi connectivity index (χ2n) is 3.58. The van der Waals surface area contributed by atoms with E-state index >= 15 is 0 Å². The van der Waals surface area contributed by atoms with Gasteiger partial charge in [0, 0.05) is 12.0 Å². The smallest absolute Gasteiger partial charge is 0.419 e. The van der Waals surface area contributed by atoms with Crippen LogP contribution in [0.15, 0.2) is 23.4 Å². The van der Waals surface area contributed by atoms with E-state index in [0.717, 1.165) is 6.07 Å². The predicted molar refractivity (Wildman–Crippen MR) is 60.0 cm³/mol. The highest BCUT2D eigenvalue weighted by Gasteiger charge is 2.35. The Bertz CT molecular complexity index is 460. The van der Waals surface area contributed by atoms with Gasteiger partial charge in [-0.05, 0) is 18.2 Å². The maximum atomic E-state index is 12.8. The zero-order chi connectivity index (χ0) is 14.5. The van der Waals surface area contributed by atoms with Crippen molar-refractivity contribution >= 4 is 5.84 Å². The van der Waals surface area contributed by atoms with Gasteiger partial charge in [0.05, 0.1) is 18.8 Å². The zero-order valence-corrected chi connectivity index (χ0v) is 9.75. The summed E-state index contributed by atoms with van der Waals surface area (Å²) < 4.78 is 55.2. The number of amidine groups is 1. The molecule has 0 saturated heterocycles. The first-order valence-corrected chi connectivity index (χ1v) is 5.28. The van der Waals surface area contributed by atoms with Crippen molar-refractivity contribution in [3.8, 4) is 5.75 Å². The van der Waals surface area contributed by atoms with E-state index < -0.39 is 30.0 Å². The van der Waals surface area contributed by atoms with Gasteiger partial charge in [0.15, 0.2) is 5.84 Å². The maximum Gasteiger partial charge on any atom is 0.419 e. The van der Waals surface area contributed by atoms with E-state index in [2.05, 4.69) is 5.16 Å². The number of halogens is 4. The Hall–Kier alpha value is -1.99. The molecule has 0 fully saturated rings. The quantitative estimate of drug-likeness (QED) is 0.217. The minimum absolute atomic E-state index is 0.000709. The minimum Gasteiger partial charge on any atom is -0.493 e. The number of oxime groups is 1. The van der Waals surface area contributed by atoms with E-state index in [1.54, 1.807) is 0 Å². The van der Waals surface area contributed by atoms with Crippen LogP contribution in [0, 0.1) is 0 Å². The fourth-order valence-corrected chi connectivity index (χ4v) is 1.33. The summed E-state index contributed by atoms with van der Waals surface area (Å²) >= 11 is 0. The topological polar surface area (TPSA) is 67.8 Å². The summed E-state index contributed by atoms with van der Waals surface area (Å²) in [5.41, 5.74) is 4.07. The fraction of sp³-hybridized carbons (Fsp3) is 0.364. The summed E-state index contributed by atoms with van der Waals surface area (Å²) in [4.78, 5) is 0. The standard InChI is InChI=1S/C11H12F4N2O2/c12-4-1-5-19-9-3-2-7(10(16)17-18)6-8(9)11(13,14)15/h2-3,6,18H,1,4-5H2,(H2,16,17). The van der Waals surface area contributed by atoms with E-state index in [0.29, 0.717) is 6.07 Å². The van der Waals surface area contributed by atoms with Crippen molar-refractivity contribution in [1.82, 2.24) is 0 Å². The van der Waals surface area contributed by atoms with Crippen LogP contribution >= 0.6 is 0 Å². The first kappa shape index (κ1) is 15.1. The normalized spacial score (nSPS) is 12.5. The molecule has 1 aromatic rings. The molecule has 0 bridgehead atoms. The molecule has 4 nitrogen and oxygen atoms in total. The number of hydrogen-bond acceptors (Lipinski definition) is 3. The van der Waals surface area contributed by atoms with Crippen LogP contribution in [-0.2, 0) is 6.18 Å². The molecule has 8 heteroatoms. The second kappa shape index (κ2) is 6.26. The van der Waals surface area contributed by atoms with E-state index in [-0.39, 0.29) is 18.6 Å². The lowest BCUT2D eigenvalue weighted by Gasteiger charge is -2.14. The van der Waals surface area contributed by atoms with Crippen molar-refractivity contribution < 1.29 is 27.5 Å². The van der Waals surface area contributed by atoms with Crippen molar-refractivity contribution in [2.75, 3.05) is 13.3 Å². The van der Waals surface area contributed by atoms with E-state index in [1.165, 1.54) is 6.07 Å². The van der Waals surface area contributed by atoms with Crippen LogP contribution in [0.4, 0.5) is 17.6 Å². The van der Waals surface area contributed by atoms with Crippen LogP contribution < -0.4 is 10.5 Å². The molecule has 0 spiro atoms. The minimum atomic E-state index is -4.66. The Labute approximate surface area is 106 Å². The SMILES string of the molecule is N/C(=N/O)c1ccc(OCCCF)c(C(F)(F)F)c1. The van der Waals surface area contributed by atoms with Gasteiger partial charge in [-0.2, -0.15) is 13.2 Å². The molecule has 1 rings (SSSR count). The summed E-state index contributed by atoms with van der Waals surface area (Å²) in [7, 11) is 0. The van der Waals surface area contributed by atoms with Gasteiger partial charge in [-0.15, -0.1) is 0 Å². The largest absolute Gasteiger partial charge is 0.493 e. The lowest BCUT2D eigenvalue weighted by Crippen LogP contribution is -2.16. The van der Waals surface area contributed by atoms with Crippen molar-refractivity contribution in [2.45, 2.75) is 12.6 Å². The number of rotatable bonds is 5. The fourth-order valence-electron chi connectivity index (χ4n) is 1.33. The van der Waals surface area contributed by atoms with Gasteiger partial charge in [-0.1, -0.05) is 5.16 Å². The molecule has 0 aromatic heterocycles. The Kier molecular flexibility index (Phi) is 4.96. The van der Waals surface area contributed by atoms with Gasteiger partial charge in [-0.3, -0.25) is 4.39 Å². The monoisotopic (exact) mass is 280 g/mol. The molecule has 0 atom stereocenters. The molecule has 0 unspecified atom stereocenters. The number of nitrogens with zero attached hydrogens (tertiary/aromatic N) is 1. The summed E-state index contributed by atoms with van der Waals surface area (Å²) in [5.74, 6) is -0.865. The molecule has 19 heavy (non-hydrogen) atoms. The lowest BCUT2D eigenvalue weighted by atomic mass is 10.1. The molecular formula is C11H12F4N2O2. The molecule has 0 radical (unpaired) electrons. The van der Waals surface area contributed by atoms with Crippen LogP contribution in [0.5, 0.6) is 5.75 Å². The summed E-state index contributed by atoms with van der Waals surface area (Å²) in [6.07, 6.45) is -4.66. The van der Waals surface area contributed by atoms with Crippen molar-refractivity contribution in [1.29, 1.82) is 0 Å². The maximum absolute atomic E-state index is 12.8. The number of nitrogens with two attached hydrogens (primary N) is 1. The highest BCUT2D eigenvalue weighted by molar-refractivity contribution is 5.97. The van der Waals surface area contributed by atoms with Crippen LogP contribution in [-0.4, -0.2) is 24.3 Å². The molecule has 0 heterocycles. The predicted octanol–water partition coefficient (Wildman–Crippen LogP) is 2.54. The summed E-state index contributed by atoms with van der Waals surface area (Å²) in [6.45, 7) is -0.841. The first-order valence-electron chi connectivity index (χ1n) is 5.28. The number of alkyl halides is 4. The van der Waals surface area contributed by atoms with Gasteiger partial charge in [0.1, 0.15) is 5.75 Å².